The number of nitrogens with zero attached hydrogens (tertiary/aromatic N) is 1. The van der Waals surface area contributed by atoms with Crippen LogP contribution in [0.5, 0.6) is 5.75 Å². The highest BCUT2D eigenvalue weighted by Crippen LogP contribution is 2.33. The number of esters is 2. The smallest absolute Gasteiger partial charge is 0.339 e. The van der Waals surface area contributed by atoms with Crippen LogP contribution in [0.3, 0.4) is 0 Å². The average Bonchev–Trinajstić information content (AvgIpc) is 3.30. The molecule has 2 heterocycles. The summed E-state index contributed by atoms with van der Waals surface area (Å²) in [4.78, 5) is 53.7. The number of ketones is 1. The first-order chi connectivity index (χ1) is 14.8. The molecule has 1 aliphatic rings. The molecular weight excluding hydrogens is 404 g/mol. The maximum atomic E-state index is 12.5. The average molecular weight is 428 g/mol. The van der Waals surface area contributed by atoms with Crippen LogP contribution in [-0.4, -0.2) is 56.0 Å². The van der Waals surface area contributed by atoms with Gasteiger partial charge in [-0.15, -0.1) is 0 Å². The largest absolute Gasteiger partial charge is 0.495 e. The minimum absolute atomic E-state index is 0.0157. The number of H-pyrrole nitrogens is 1. The Morgan fingerprint density at radius 2 is 1.87 bits per heavy atom. The number of aromatic nitrogens is 1. The lowest BCUT2D eigenvalue weighted by molar-refractivity contribution is -0.147. The van der Waals surface area contributed by atoms with E-state index < -0.39 is 30.2 Å². The molecule has 1 fully saturated rings. The van der Waals surface area contributed by atoms with Gasteiger partial charge in [-0.2, -0.15) is 0 Å². The third-order valence-corrected chi connectivity index (χ3v) is 5.29. The van der Waals surface area contributed by atoms with Crippen molar-refractivity contribution in [2.45, 2.75) is 20.3 Å². The number of para-hydroxylation sites is 2. The molecule has 0 aliphatic carbocycles. The summed E-state index contributed by atoms with van der Waals surface area (Å²) in [5.41, 5.74) is 1.97. The predicted octanol–water partition coefficient (Wildman–Crippen LogP) is 2.21. The van der Waals surface area contributed by atoms with E-state index in [0.717, 1.165) is 0 Å². The third-order valence-electron chi connectivity index (χ3n) is 5.29. The lowest BCUT2D eigenvalue weighted by Gasteiger charge is -2.19. The molecule has 1 amide bonds. The van der Waals surface area contributed by atoms with Gasteiger partial charge in [0.05, 0.1) is 37.1 Å². The number of aromatic amines is 1. The number of aryl methyl sites for hydroxylation is 1. The molecule has 1 aromatic carbocycles. The summed E-state index contributed by atoms with van der Waals surface area (Å²) in [5.74, 6) is -2.05. The number of carbonyl (C=O) groups excluding carboxylic acids is 4. The molecule has 1 saturated heterocycles. The number of benzene rings is 1. The van der Waals surface area contributed by atoms with Crippen molar-refractivity contribution in [3.05, 3.63) is 46.8 Å². The van der Waals surface area contributed by atoms with Gasteiger partial charge in [-0.3, -0.25) is 14.4 Å². The molecule has 0 bridgehead atoms. The molecule has 0 unspecified atom stereocenters. The van der Waals surface area contributed by atoms with Crippen LogP contribution in [0.4, 0.5) is 5.69 Å². The Morgan fingerprint density at radius 1 is 1.16 bits per heavy atom. The maximum Gasteiger partial charge on any atom is 0.339 e. The number of amides is 1. The summed E-state index contributed by atoms with van der Waals surface area (Å²) in [6.07, 6.45) is -0.0157. The normalized spacial score (nSPS) is 15.7. The van der Waals surface area contributed by atoms with Gasteiger partial charge in [-0.1, -0.05) is 12.1 Å². The highest BCUT2D eigenvalue weighted by Gasteiger charge is 2.37. The van der Waals surface area contributed by atoms with Gasteiger partial charge in [-0.05, 0) is 31.5 Å². The number of rotatable bonds is 7. The number of Topliss-reactive ketones (excluding diaryl/α,β-unsaturated/α-hetero) is 1. The first-order valence-corrected chi connectivity index (χ1v) is 9.69. The Morgan fingerprint density at radius 3 is 2.55 bits per heavy atom. The molecule has 1 atom stereocenters. The molecule has 2 aromatic rings. The van der Waals surface area contributed by atoms with E-state index in [1.54, 1.807) is 38.1 Å². The second kappa shape index (κ2) is 9.03. The van der Waals surface area contributed by atoms with Gasteiger partial charge in [0.1, 0.15) is 5.75 Å². The molecule has 1 aliphatic heterocycles. The molecular formula is C22H24N2O7. The monoisotopic (exact) mass is 428 g/mol. The first kappa shape index (κ1) is 22.1. The van der Waals surface area contributed by atoms with E-state index in [2.05, 4.69) is 4.98 Å². The van der Waals surface area contributed by atoms with E-state index in [9.17, 15) is 19.2 Å². The third kappa shape index (κ3) is 4.30. The van der Waals surface area contributed by atoms with E-state index >= 15 is 0 Å². The van der Waals surface area contributed by atoms with E-state index in [1.165, 1.54) is 19.1 Å². The second-order valence-corrected chi connectivity index (χ2v) is 7.22. The van der Waals surface area contributed by atoms with Crippen LogP contribution >= 0.6 is 0 Å². The van der Waals surface area contributed by atoms with E-state index in [1.807, 2.05) is 0 Å². The SMILES string of the molecule is COC(=O)c1c(C)[nH]c(C(=O)COC(=O)[C@H]2CC(=O)N(c3ccccc3OC)C2)c1C. The molecule has 9 heteroatoms. The quantitative estimate of drug-likeness (QED) is 0.531. The Kier molecular flexibility index (Phi) is 6.43. The highest BCUT2D eigenvalue weighted by atomic mass is 16.5. The Balaban J connectivity index is 1.65. The zero-order chi connectivity index (χ0) is 22.7. The van der Waals surface area contributed by atoms with Crippen molar-refractivity contribution in [1.29, 1.82) is 0 Å². The van der Waals surface area contributed by atoms with Crippen molar-refractivity contribution in [3.8, 4) is 5.75 Å². The molecule has 0 saturated carbocycles. The van der Waals surface area contributed by atoms with Crippen LogP contribution in [0.1, 0.15) is 38.5 Å². The number of hydrogen-bond acceptors (Lipinski definition) is 7. The second-order valence-electron chi connectivity index (χ2n) is 7.22. The molecule has 1 N–H and O–H groups in total. The van der Waals surface area contributed by atoms with Gasteiger partial charge < -0.3 is 24.1 Å². The van der Waals surface area contributed by atoms with Gasteiger partial charge in [0.15, 0.2) is 6.61 Å². The molecule has 9 nitrogen and oxygen atoms in total. The van der Waals surface area contributed by atoms with Crippen molar-refractivity contribution in [1.82, 2.24) is 4.98 Å². The van der Waals surface area contributed by atoms with Crippen LogP contribution in [0, 0.1) is 19.8 Å². The van der Waals surface area contributed by atoms with Gasteiger partial charge in [0.2, 0.25) is 11.7 Å². The number of nitrogens with one attached hydrogen (secondary N) is 1. The van der Waals surface area contributed by atoms with Gasteiger partial charge >= 0.3 is 11.9 Å². The summed E-state index contributed by atoms with van der Waals surface area (Å²) in [5, 5.41) is 0. The van der Waals surface area contributed by atoms with Crippen LogP contribution in [0.2, 0.25) is 0 Å². The molecule has 31 heavy (non-hydrogen) atoms. The first-order valence-electron chi connectivity index (χ1n) is 9.69. The summed E-state index contributed by atoms with van der Waals surface area (Å²) in [7, 11) is 2.77. The summed E-state index contributed by atoms with van der Waals surface area (Å²) >= 11 is 0. The van der Waals surface area contributed by atoms with E-state index in [4.69, 9.17) is 14.2 Å². The maximum absolute atomic E-state index is 12.5. The predicted molar refractivity (Wildman–Crippen MR) is 110 cm³/mol. The molecule has 1 aromatic heterocycles. The highest BCUT2D eigenvalue weighted by molar-refractivity contribution is 6.03. The molecule has 3 rings (SSSR count). The fraction of sp³-hybridized carbons (Fsp3) is 0.364. The van der Waals surface area contributed by atoms with Crippen molar-refractivity contribution >= 4 is 29.3 Å². The lowest BCUT2D eigenvalue weighted by atomic mass is 10.1. The summed E-state index contributed by atoms with van der Waals surface area (Å²) < 4.78 is 15.2. The van der Waals surface area contributed by atoms with Gasteiger partial charge in [0.25, 0.3) is 0 Å². The van der Waals surface area contributed by atoms with Crippen LogP contribution in [0.25, 0.3) is 0 Å². The van der Waals surface area contributed by atoms with Crippen molar-refractivity contribution in [3.63, 3.8) is 0 Å². The summed E-state index contributed by atoms with van der Waals surface area (Å²) in [6, 6.07) is 7.04. The molecule has 0 radical (unpaired) electrons. The molecule has 0 spiro atoms. The van der Waals surface area contributed by atoms with E-state index in [0.29, 0.717) is 22.7 Å². The zero-order valence-electron chi connectivity index (χ0n) is 17.8. The lowest BCUT2D eigenvalue weighted by Crippen LogP contribution is -2.27. The van der Waals surface area contributed by atoms with Crippen LogP contribution < -0.4 is 9.64 Å². The number of ether oxygens (including phenoxy) is 3. The fourth-order valence-electron chi connectivity index (χ4n) is 3.71. The van der Waals surface area contributed by atoms with Crippen molar-refractivity contribution in [2.24, 2.45) is 5.92 Å². The molecule has 164 valence electrons. The van der Waals surface area contributed by atoms with Crippen LogP contribution in [-0.2, 0) is 19.1 Å². The Labute approximate surface area is 179 Å². The van der Waals surface area contributed by atoms with Gasteiger partial charge in [0, 0.05) is 18.7 Å². The van der Waals surface area contributed by atoms with Crippen LogP contribution in [0.15, 0.2) is 24.3 Å². The minimum Gasteiger partial charge on any atom is -0.495 e. The Bertz CT molecular complexity index is 1040. The topological polar surface area (TPSA) is 115 Å². The van der Waals surface area contributed by atoms with Crippen molar-refractivity contribution in [2.75, 3.05) is 32.3 Å². The fourth-order valence-corrected chi connectivity index (χ4v) is 3.71. The van der Waals surface area contributed by atoms with E-state index in [-0.39, 0.29) is 30.1 Å². The van der Waals surface area contributed by atoms with Crippen molar-refractivity contribution < 1.29 is 33.4 Å². The van der Waals surface area contributed by atoms with Gasteiger partial charge in [-0.25, -0.2) is 4.79 Å². The number of anilines is 1. The minimum atomic E-state index is -0.692. The number of hydrogen-bond donors (Lipinski definition) is 1. The number of methoxy groups -OCH3 is 2. The Hall–Kier alpha value is -3.62. The summed E-state index contributed by atoms with van der Waals surface area (Å²) in [6.45, 7) is 2.91. The zero-order valence-corrected chi connectivity index (χ0v) is 17.8. The number of carbonyl (C=O) groups is 4. The standard InChI is InChI=1S/C22H24N2O7/c1-12-19(22(28)30-4)13(2)23-20(12)16(25)11-31-21(27)14-9-18(26)24(10-14)15-7-5-6-8-17(15)29-3/h5-8,14,23H,9-11H2,1-4H3/t14-/m0/s1.